The number of amides is 2. The van der Waals surface area contributed by atoms with Crippen molar-refractivity contribution in [2.45, 2.75) is 18.0 Å². The van der Waals surface area contributed by atoms with E-state index in [0.717, 1.165) is 9.13 Å². The van der Waals surface area contributed by atoms with E-state index in [1.165, 1.54) is 17.3 Å². The van der Waals surface area contributed by atoms with Crippen molar-refractivity contribution in [1.29, 1.82) is 0 Å². The van der Waals surface area contributed by atoms with Gasteiger partial charge in [-0.1, -0.05) is 0 Å². The second kappa shape index (κ2) is 6.01. The van der Waals surface area contributed by atoms with E-state index in [1.54, 1.807) is 12.1 Å². The lowest BCUT2D eigenvalue weighted by atomic mass is 9.86. The summed E-state index contributed by atoms with van der Waals surface area (Å²) in [6, 6.07) is 7.06. The molecule has 0 saturated heterocycles. The number of benzene rings is 1. The molecular weight excluding hydrogens is 438 g/mol. The first-order valence-electron chi connectivity index (χ1n) is 7.80. The minimum Gasteiger partial charge on any atom is -0.328 e. The second-order valence-electron chi connectivity index (χ2n) is 6.30. The molecule has 8 heteroatoms. The molecule has 2 aliphatic rings. The molecule has 128 valence electrons. The van der Waals surface area contributed by atoms with Crippen LogP contribution in [0, 0.1) is 3.57 Å². The van der Waals surface area contributed by atoms with Gasteiger partial charge in [0.05, 0.1) is 0 Å². The Balaban J connectivity index is 1.57. The summed E-state index contributed by atoms with van der Waals surface area (Å²) in [6.45, 7) is 0.0557. The average Bonchev–Trinajstić information content (AvgIpc) is 3.23. The third kappa shape index (κ3) is 2.88. The fraction of sp³-hybridized carbons (Fsp3) is 0.294. The van der Waals surface area contributed by atoms with Crippen molar-refractivity contribution < 1.29 is 14.0 Å². The van der Waals surface area contributed by atoms with Crippen LogP contribution in [-0.4, -0.2) is 45.9 Å². The Kier molecular flexibility index (Phi) is 3.94. The smallest absolute Gasteiger partial charge is 0.254 e. The van der Waals surface area contributed by atoms with E-state index in [2.05, 4.69) is 37.9 Å². The topological polar surface area (TPSA) is 75.2 Å². The predicted octanol–water partition coefficient (Wildman–Crippen LogP) is 2.16. The van der Waals surface area contributed by atoms with Crippen LogP contribution in [0.4, 0.5) is 10.3 Å². The molecule has 0 bridgehead atoms. The lowest BCUT2D eigenvalue weighted by Crippen LogP contribution is -2.47. The molecular formula is C17H14FIN4O2. The summed E-state index contributed by atoms with van der Waals surface area (Å²) in [5.74, 6) is -0.476. The summed E-state index contributed by atoms with van der Waals surface area (Å²) < 4.78 is 15.2. The number of halogens is 2. The Labute approximate surface area is 157 Å². The number of nitrogens with zero attached hydrogens (tertiary/aromatic N) is 3. The van der Waals surface area contributed by atoms with Gasteiger partial charge in [0.1, 0.15) is 12.7 Å². The van der Waals surface area contributed by atoms with Gasteiger partial charge in [0.15, 0.2) is 0 Å². The minimum atomic E-state index is -0.986. The van der Waals surface area contributed by atoms with Crippen molar-refractivity contribution in [2.24, 2.45) is 0 Å². The van der Waals surface area contributed by atoms with Crippen molar-refractivity contribution in [3.63, 3.8) is 0 Å². The first kappa shape index (κ1) is 16.4. The monoisotopic (exact) mass is 452 g/mol. The number of fused-ring (bicyclic) bond motifs is 2. The Hall–Kier alpha value is -2.10. The number of hydrogen-bond donors (Lipinski definition) is 1. The van der Waals surface area contributed by atoms with Crippen molar-refractivity contribution in [3.8, 4) is 0 Å². The number of anilines is 1. The van der Waals surface area contributed by atoms with Crippen LogP contribution in [-0.2, 0) is 10.2 Å². The molecule has 2 heterocycles. The van der Waals surface area contributed by atoms with Crippen LogP contribution in [0.25, 0.3) is 0 Å². The van der Waals surface area contributed by atoms with Gasteiger partial charge < -0.3 is 4.90 Å². The van der Waals surface area contributed by atoms with Crippen LogP contribution < -0.4 is 5.32 Å². The predicted molar refractivity (Wildman–Crippen MR) is 96.9 cm³/mol. The Morgan fingerprint density at radius 3 is 2.80 bits per heavy atom. The fourth-order valence-electron chi connectivity index (χ4n) is 3.31. The van der Waals surface area contributed by atoms with E-state index in [9.17, 15) is 14.0 Å². The molecule has 1 aliphatic heterocycles. The standard InChI is InChI=1S/C17H14FIN4O2/c18-13-7-17(13)9-23(8-14(24)22-16-20-4-1-5-21-16)15(25)11-3-2-10(19)6-12(11)17/h1-6,13H,7-9H2,(H,20,21,22,24)/t13-,17+/m0/s1. The van der Waals surface area contributed by atoms with Gasteiger partial charge in [0, 0.05) is 33.5 Å². The van der Waals surface area contributed by atoms with Gasteiger partial charge in [-0.2, -0.15) is 0 Å². The maximum atomic E-state index is 14.2. The molecule has 1 aliphatic carbocycles. The van der Waals surface area contributed by atoms with Gasteiger partial charge in [-0.05, 0) is 58.8 Å². The zero-order valence-electron chi connectivity index (χ0n) is 13.1. The summed E-state index contributed by atoms with van der Waals surface area (Å²) in [5, 5.41) is 2.55. The Bertz CT molecular complexity index is 863. The highest BCUT2D eigenvalue weighted by Gasteiger charge is 2.61. The third-order valence-electron chi connectivity index (χ3n) is 4.64. The van der Waals surface area contributed by atoms with Gasteiger partial charge in [-0.25, -0.2) is 14.4 Å². The third-order valence-corrected chi connectivity index (χ3v) is 5.31. The lowest BCUT2D eigenvalue weighted by Gasteiger charge is -2.34. The zero-order valence-corrected chi connectivity index (χ0v) is 15.2. The van der Waals surface area contributed by atoms with Crippen molar-refractivity contribution >= 4 is 40.4 Å². The van der Waals surface area contributed by atoms with E-state index >= 15 is 0 Å². The number of carbonyl (C=O) groups excluding carboxylic acids is 2. The number of rotatable bonds is 3. The number of alkyl halides is 1. The number of aromatic nitrogens is 2. The van der Waals surface area contributed by atoms with E-state index in [4.69, 9.17) is 0 Å². The first-order valence-corrected chi connectivity index (χ1v) is 8.88. The van der Waals surface area contributed by atoms with E-state index in [-0.39, 0.29) is 24.9 Å². The first-order chi connectivity index (χ1) is 12.0. The quantitative estimate of drug-likeness (QED) is 0.725. The van der Waals surface area contributed by atoms with Crippen molar-refractivity contribution in [2.75, 3.05) is 18.4 Å². The highest BCUT2D eigenvalue weighted by molar-refractivity contribution is 14.1. The summed E-state index contributed by atoms with van der Waals surface area (Å²) in [4.78, 5) is 34.2. The molecule has 0 unspecified atom stereocenters. The second-order valence-corrected chi connectivity index (χ2v) is 7.55. The van der Waals surface area contributed by atoms with Gasteiger partial charge in [-0.3, -0.25) is 14.9 Å². The van der Waals surface area contributed by atoms with Crippen molar-refractivity contribution in [3.05, 3.63) is 51.4 Å². The van der Waals surface area contributed by atoms with Gasteiger partial charge in [0.2, 0.25) is 11.9 Å². The zero-order chi connectivity index (χ0) is 17.6. The SMILES string of the molecule is O=C(CN1C[C@]2(C[C@@H]2F)c2cc(I)ccc2C1=O)Nc1ncccn1. The van der Waals surface area contributed by atoms with Crippen LogP contribution >= 0.6 is 22.6 Å². The molecule has 2 amide bonds. The molecule has 25 heavy (non-hydrogen) atoms. The molecule has 2 aromatic rings. The summed E-state index contributed by atoms with van der Waals surface area (Å²) >= 11 is 2.16. The number of nitrogens with one attached hydrogen (secondary N) is 1. The largest absolute Gasteiger partial charge is 0.328 e. The summed E-state index contributed by atoms with van der Waals surface area (Å²) in [6.07, 6.45) is 2.42. The average molecular weight is 452 g/mol. The lowest BCUT2D eigenvalue weighted by molar-refractivity contribution is -0.117. The molecule has 4 rings (SSSR count). The summed E-state index contributed by atoms with van der Waals surface area (Å²) in [7, 11) is 0. The Morgan fingerprint density at radius 2 is 2.12 bits per heavy atom. The minimum absolute atomic E-state index is 0.156. The molecule has 1 spiro atoms. The fourth-order valence-corrected chi connectivity index (χ4v) is 3.81. The molecule has 1 aromatic heterocycles. The van der Waals surface area contributed by atoms with Crippen molar-refractivity contribution in [1.82, 2.24) is 14.9 Å². The molecule has 6 nitrogen and oxygen atoms in total. The van der Waals surface area contributed by atoms with Gasteiger partial charge >= 0.3 is 0 Å². The van der Waals surface area contributed by atoms with E-state index < -0.39 is 17.5 Å². The van der Waals surface area contributed by atoms with E-state index in [0.29, 0.717) is 12.0 Å². The molecule has 2 atom stereocenters. The highest BCUT2D eigenvalue weighted by atomic mass is 127. The van der Waals surface area contributed by atoms with Gasteiger partial charge in [-0.15, -0.1) is 0 Å². The number of carbonyl (C=O) groups is 2. The van der Waals surface area contributed by atoms with Crippen LogP contribution in [0.15, 0.2) is 36.7 Å². The molecule has 0 radical (unpaired) electrons. The normalized spacial score (nSPS) is 24.2. The summed E-state index contributed by atoms with van der Waals surface area (Å²) in [5.41, 5.74) is 0.573. The van der Waals surface area contributed by atoms with Gasteiger partial charge in [0.25, 0.3) is 5.91 Å². The molecule has 1 fully saturated rings. The molecule has 1 aromatic carbocycles. The maximum absolute atomic E-state index is 14.2. The number of hydrogen-bond acceptors (Lipinski definition) is 4. The van der Waals surface area contributed by atoms with E-state index in [1.807, 2.05) is 12.1 Å². The highest BCUT2D eigenvalue weighted by Crippen LogP contribution is 2.54. The van der Waals surface area contributed by atoms with Crippen LogP contribution in [0.1, 0.15) is 22.3 Å². The van der Waals surface area contributed by atoms with Crippen LogP contribution in [0.3, 0.4) is 0 Å². The van der Waals surface area contributed by atoms with Crippen LogP contribution in [0.5, 0.6) is 0 Å². The maximum Gasteiger partial charge on any atom is 0.254 e. The van der Waals surface area contributed by atoms with Crippen LogP contribution in [0.2, 0.25) is 0 Å². The molecule has 1 saturated carbocycles. The molecule has 1 N–H and O–H groups in total. The Morgan fingerprint density at radius 1 is 1.40 bits per heavy atom.